The average Bonchev–Trinajstić information content (AvgIpc) is 3.45. The summed E-state index contributed by atoms with van der Waals surface area (Å²) in [5.74, 6) is -5.49. The van der Waals surface area contributed by atoms with Gasteiger partial charge in [0.25, 0.3) is 0 Å². The van der Waals surface area contributed by atoms with Crippen LogP contribution in [0.15, 0.2) is 24.3 Å². The van der Waals surface area contributed by atoms with Crippen molar-refractivity contribution in [1.82, 2.24) is 4.90 Å². The third-order valence-corrected chi connectivity index (χ3v) is 15.0. The molecule has 0 aromatic heterocycles. The van der Waals surface area contributed by atoms with Gasteiger partial charge in [-0.15, -0.1) is 0 Å². The number of allylic oxidation sites excluding steroid dienone is 1. The highest BCUT2D eigenvalue weighted by molar-refractivity contribution is 5.82. The fourth-order valence-corrected chi connectivity index (χ4v) is 10.9. The second-order valence-electron chi connectivity index (χ2n) is 21.4. The summed E-state index contributed by atoms with van der Waals surface area (Å²) in [5, 5.41) is 81.8. The number of rotatable bonds is 6. The van der Waals surface area contributed by atoms with Crippen LogP contribution in [-0.4, -0.2) is 156 Å². The molecule has 5 aliphatic rings. The first-order valence-electron chi connectivity index (χ1n) is 24.3. The van der Waals surface area contributed by atoms with Crippen molar-refractivity contribution in [3.63, 3.8) is 0 Å². The molecule has 1 spiro atoms. The van der Waals surface area contributed by atoms with E-state index >= 15 is 0 Å². The lowest BCUT2D eigenvalue weighted by Crippen LogP contribution is -2.58. The highest BCUT2D eigenvalue weighted by Gasteiger charge is 2.56. The predicted octanol–water partition coefficient (Wildman–Crippen LogP) is 4.78. The van der Waals surface area contributed by atoms with Gasteiger partial charge < -0.3 is 69.1 Å². The number of hydrogen-bond donors (Lipinski definition) is 7. The Bertz CT molecular complexity index is 1550. The van der Waals surface area contributed by atoms with Crippen LogP contribution in [0.1, 0.15) is 152 Å². The van der Waals surface area contributed by atoms with Gasteiger partial charge in [0.2, 0.25) is 0 Å². The Balaban J connectivity index is 1.45. The second kappa shape index (κ2) is 21.8. The van der Waals surface area contributed by atoms with Gasteiger partial charge in [0, 0.05) is 49.1 Å². The molecule has 7 N–H and O–H groups in total. The van der Waals surface area contributed by atoms with Crippen LogP contribution in [0.2, 0.25) is 0 Å². The van der Waals surface area contributed by atoms with E-state index in [1.807, 2.05) is 54.8 Å². The molecule has 4 fully saturated rings. The molecule has 0 amide bonds. The molecular formula is C49H85NO14. The number of ether oxygens (including phenoxy) is 6. The van der Waals surface area contributed by atoms with Crippen molar-refractivity contribution in [2.45, 2.75) is 247 Å². The number of esters is 1. The molecule has 5 heterocycles. The molecule has 0 radical (unpaired) electrons. The lowest BCUT2D eigenvalue weighted by atomic mass is 9.79. The minimum atomic E-state index is -2.08. The Labute approximate surface area is 382 Å². The van der Waals surface area contributed by atoms with E-state index in [0.717, 1.165) is 44.3 Å². The molecule has 0 aromatic rings. The molecule has 5 rings (SSSR count). The molecular weight excluding hydrogens is 827 g/mol. The molecule has 15 nitrogen and oxygen atoms in total. The van der Waals surface area contributed by atoms with Gasteiger partial charge in [0.05, 0.1) is 47.8 Å². The first-order valence-corrected chi connectivity index (χ1v) is 24.3. The zero-order valence-electron chi connectivity index (χ0n) is 40.4. The van der Waals surface area contributed by atoms with Crippen molar-refractivity contribution in [3.8, 4) is 0 Å². The zero-order chi connectivity index (χ0) is 47.4. The molecule has 370 valence electrons. The maximum atomic E-state index is 13.8. The molecule has 5 aliphatic heterocycles. The van der Waals surface area contributed by atoms with Crippen molar-refractivity contribution < 1.29 is 69.0 Å². The van der Waals surface area contributed by atoms with Crippen LogP contribution < -0.4 is 0 Å². The quantitative estimate of drug-likeness (QED) is 0.141. The number of likely N-dealkylation sites (N-methyl/N-ethyl adjacent to an activating group) is 1. The van der Waals surface area contributed by atoms with E-state index in [0.29, 0.717) is 44.9 Å². The molecule has 64 heavy (non-hydrogen) atoms. The predicted molar refractivity (Wildman–Crippen MR) is 239 cm³/mol. The number of hydrogen-bond acceptors (Lipinski definition) is 15. The van der Waals surface area contributed by atoms with Crippen molar-refractivity contribution in [2.75, 3.05) is 14.1 Å². The van der Waals surface area contributed by atoms with Crippen molar-refractivity contribution in [3.05, 3.63) is 24.3 Å². The molecule has 0 saturated carbocycles. The highest BCUT2D eigenvalue weighted by Crippen LogP contribution is 2.49. The van der Waals surface area contributed by atoms with Crippen LogP contribution in [0.4, 0.5) is 0 Å². The van der Waals surface area contributed by atoms with Gasteiger partial charge in [-0.05, 0) is 119 Å². The molecule has 2 bridgehead atoms. The van der Waals surface area contributed by atoms with Crippen molar-refractivity contribution in [1.29, 1.82) is 0 Å². The van der Waals surface area contributed by atoms with E-state index in [9.17, 15) is 40.5 Å². The first kappa shape index (κ1) is 53.4. The fourth-order valence-electron chi connectivity index (χ4n) is 10.9. The Kier molecular flexibility index (Phi) is 18.2. The number of aliphatic hydroxyl groups is 7. The number of fused-ring (bicyclic) bond motifs is 3. The van der Waals surface area contributed by atoms with Gasteiger partial charge in [0.15, 0.2) is 17.9 Å². The lowest BCUT2D eigenvalue weighted by molar-refractivity contribution is -0.352. The smallest absolute Gasteiger partial charge is 0.330 e. The van der Waals surface area contributed by atoms with E-state index in [4.69, 9.17) is 28.4 Å². The third-order valence-electron chi connectivity index (χ3n) is 15.0. The summed E-state index contributed by atoms with van der Waals surface area (Å²) in [5.41, 5.74) is -4.43. The van der Waals surface area contributed by atoms with E-state index < -0.39 is 95.2 Å². The van der Waals surface area contributed by atoms with Gasteiger partial charge in [0.1, 0.15) is 23.9 Å². The van der Waals surface area contributed by atoms with Crippen LogP contribution in [0.25, 0.3) is 0 Å². The topological polar surface area (TPSA) is 217 Å². The average molecular weight is 912 g/mol. The monoisotopic (exact) mass is 912 g/mol. The summed E-state index contributed by atoms with van der Waals surface area (Å²) in [6.07, 6.45) is 4.66. The Morgan fingerprint density at radius 3 is 2.25 bits per heavy atom. The van der Waals surface area contributed by atoms with Crippen LogP contribution in [-0.2, 0) is 33.2 Å². The fraction of sp³-hybridized carbons (Fsp3) is 0.898. The number of carbonyl (C=O) groups excluding carboxylic acids is 1. The summed E-state index contributed by atoms with van der Waals surface area (Å²) in [6, 6.07) is 0.128. The SMILES string of the molecule is CC[C@@H](O)C[C@H]1CCC[C@@]2(C[C@@H]3OC(=O)/C=C/[C@@](C)(O)[C@@H](O)[C@H](C)[C@@H](O)[C@H](OC4CCC(N(C)C)C(C)O4)[C@@H](O)[C@](C)(O)CCCCC/C=C\[C@@H]4CC(C)(C)O[C@@]4(O)C[C@H](O2)[C@H]3C)O1. The number of aliphatic hydroxyl groups excluding tert-OH is 4. The number of nitrogens with zero attached hydrogens (tertiary/aromatic N) is 1. The van der Waals surface area contributed by atoms with Crippen LogP contribution in [0.3, 0.4) is 0 Å². The van der Waals surface area contributed by atoms with Crippen LogP contribution in [0, 0.1) is 17.8 Å². The second-order valence-corrected chi connectivity index (χ2v) is 21.4. The molecule has 0 aromatic carbocycles. The highest BCUT2D eigenvalue weighted by atomic mass is 16.7. The van der Waals surface area contributed by atoms with E-state index in [2.05, 4.69) is 11.0 Å². The number of carbonyl (C=O) groups is 1. The standard InChI is InChI=1S/C49H85NO14/c1-11-34(51)26-35-19-17-24-48(62-35)28-37-30(2)38(63-48)29-49(58)33(27-45(5,6)64-49)18-15-13-12-14-16-23-46(7,56)44(55)42(61-40-21-20-36(50(9)10)32(4)59-40)41(53)31(3)43(54)47(8,57)25-22-39(52)60-37/h15,18,22,25,30-38,40-44,51,53-58H,11-14,16-17,19-21,23-24,26-29H2,1-10H3/b18-15-,25-22+/t30-,31+,32?,33+,34+,35+,36?,37-,38-,40?,41+,42-,43-,44+,46+,47+,48+,49-/m0/s1. The van der Waals surface area contributed by atoms with Gasteiger partial charge in [-0.2, -0.15) is 0 Å². The summed E-state index contributed by atoms with van der Waals surface area (Å²) < 4.78 is 38.7. The Hall–Kier alpha value is -1.57. The Morgan fingerprint density at radius 2 is 1.58 bits per heavy atom. The minimum Gasteiger partial charge on any atom is -0.459 e. The largest absolute Gasteiger partial charge is 0.459 e. The van der Waals surface area contributed by atoms with Gasteiger partial charge >= 0.3 is 5.97 Å². The summed E-state index contributed by atoms with van der Waals surface area (Å²) in [7, 11) is 3.94. The zero-order valence-corrected chi connectivity index (χ0v) is 40.4. The summed E-state index contributed by atoms with van der Waals surface area (Å²) in [4.78, 5) is 15.8. The van der Waals surface area contributed by atoms with Gasteiger partial charge in [-0.3, -0.25) is 0 Å². The maximum absolute atomic E-state index is 13.8. The van der Waals surface area contributed by atoms with Crippen LogP contribution in [0.5, 0.6) is 0 Å². The van der Waals surface area contributed by atoms with Crippen molar-refractivity contribution in [2.24, 2.45) is 17.8 Å². The van der Waals surface area contributed by atoms with E-state index in [-0.39, 0.29) is 43.4 Å². The van der Waals surface area contributed by atoms with E-state index in [1.54, 1.807) is 0 Å². The molecule has 0 aliphatic carbocycles. The summed E-state index contributed by atoms with van der Waals surface area (Å²) >= 11 is 0. The van der Waals surface area contributed by atoms with Gasteiger partial charge in [-0.1, -0.05) is 45.8 Å². The molecule has 3 unspecified atom stereocenters. The van der Waals surface area contributed by atoms with Gasteiger partial charge in [-0.25, -0.2) is 4.79 Å². The minimum absolute atomic E-state index is 0.0790. The third kappa shape index (κ3) is 13.4. The molecule has 18 atom stereocenters. The molecule has 15 heteroatoms. The Morgan fingerprint density at radius 1 is 0.859 bits per heavy atom. The normalized spacial score (nSPS) is 47.3. The van der Waals surface area contributed by atoms with Crippen molar-refractivity contribution >= 4 is 5.97 Å². The van der Waals surface area contributed by atoms with E-state index in [1.165, 1.54) is 20.8 Å². The molecule has 4 saturated heterocycles. The maximum Gasteiger partial charge on any atom is 0.330 e. The summed E-state index contributed by atoms with van der Waals surface area (Å²) in [6.45, 7) is 14.0. The van der Waals surface area contributed by atoms with Crippen LogP contribution >= 0.6 is 0 Å². The first-order chi connectivity index (χ1) is 29.8. The lowest BCUT2D eigenvalue weighted by Gasteiger charge is -2.51.